The fourth-order valence-corrected chi connectivity index (χ4v) is 2.53. The van der Waals surface area contributed by atoms with Gasteiger partial charge in [0.2, 0.25) is 0 Å². The molecule has 1 heterocycles. The number of hydrogen-bond acceptors (Lipinski definition) is 3. The molecular weight excluding hydrogens is 214 g/mol. The molecule has 1 saturated carbocycles. The number of pyridine rings is 1. The lowest BCUT2D eigenvalue weighted by atomic mass is 9.75. The molecule has 0 saturated heterocycles. The number of aromatic nitrogens is 1. The summed E-state index contributed by atoms with van der Waals surface area (Å²) < 4.78 is 0. The highest BCUT2D eigenvalue weighted by atomic mass is 16.3. The Morgan fingerprint density at radius 3 is 2.76 bits per heavy atom. The van der Waals surface area contributed by atoms with Crippen LogP contribution in [0.15, 0.2) is 24.5 Å². The van der Waals surface area contributed by atoms with Crippen LogP contribution in [0, 0.1) is 5.92 Å². The molecule has 0 bridgehead atoms. The average Bonchev–Trinajstić information content (AvgIpc) is 2.34. The van der Waals surface area contributed by atoms with Crippen LogP contribution in [-0.2, 0) is 6.42 Å². The predicted molar refractivity (Wildman–Crippen MR) is 66.5 cm³/mol. The van der Waals surface area contributed by atoms with Gasteiger partial charge >= 0.3 is 0 Å². The summed E-state index contributed by atoms with van der Waals surface area (Å²) in [5.41, 5.74) is 0.0783. The third-order valence-corrected chi connectivity index (χ3v) is 3.91. The first-order valence-corrected chi connectivity index (χ1v) is 6.39. The highest BCUT2D eigenvalue weighted by Gasteiger charge is 2.38. The zero-order valence-corrected chi connectivity index (χ0v) is 10.3. The van der Waals surface area contributed by atoms with Crippen LogP contribution in [0.2, 0.25) is 0 Å². The SMILES string of the molecule is CC1CCC(O)(C(O)Cc2cccnc2)CC1. The smallest absolute Gasteiger partial charge is 0.0909 e. The summed E-state index contributed by atoms with van der Waals surface area (Å²) in [6.45, 7) is 2.20. The molecule has 94 valence electrons. The minimum atomic E-state index is -0.900. The van der Waals surface area contributed by atoms with E-state index < -0.39 is 11.7 Å². The van der Waals surface area contributed by atoms with E-state index in [1.165, 1.54) is 0 Å². The maximum absolute atomic E-state index is 10.4. The first kappa shape index (κ1) is 12.5. The molecule has 17 heavy (non-hydrogen) atoms. The second-order valence-electron chi connectivity index (χ2n) is 5.37. The largest absolute Gasteiger partial charge is 0.390 e. The van der Waals surface area contributed by atoms with E-state index in [-0.39, 0.29) is 0 Å². The van der Waals surface area contributed by atoms with E-state index in [9.17, 15) is 10.2 Å². The monoisotopic (exact) mass is 235 g/mol. The van der Waals surface area contributed by atoms with Gasteiger partial charge in [0, 0.05) is 18.8 Å². The van der Waals surface area contributed by atoms with Crippen LogP contribution in [0.1, 0.15) is 38.2 Å². The van der Waals surface area contributed by atoms with Crippen molar-refractivity contribution in [3.63, 3.8) is 0 Å². The third kappa shape index (κ3) is 3.05. The van der Waals surface area contributed by atoms with Crippen molar-refractivity contribution in [1.82, 2.24) is 4.98 Å². The van der Waals surface area contributed by atoms with E-state index in [4.69, 9.17) is 0 Å². The zero-order chi connectivity index (χ0) is 12.3. The molecule has 0 spiro atoms. The number of rotatable bonds is 3. The fourth-order valence-electron chi connectivity index (χ4n) is 2.53. The lowest BCUT2D eigenvalue weighted by Gasteiger charge is -2.38. The van der Waals surface area contributed by atoms with E-state index >= 15 is 0 Å². The Morgan fingerprint density at radius 1 is 1.47 bits per heavy atom. The molecule has 0 aromatic carbocycles. The van der Waals surface area contributed by atoms with E-state index in [0.29, 0.717) is 25.2 Å². The van der Waals surface area contributed by atoms with Gasteiger partial charge in [0.1, 0.15) is 0 Å². The molecule has 1 aromatic heterocycles. The number of aliphatic hydroxyl groups is 2. The van der Waals surface area contributed by atoms with Crippen LogP contribution in [0.4, 0.5) is 0 Å². The summed E-state index contributed by atoms with van der Waals surface area (Å²) in [6.07, 6.45) is 6.68. The van der Waals surface area contributed by atoms with Gasteiger partial charge in [0.25, 0.3) is 0 Å². The van der Waals surface area contributed by atoms with Crippen molar-refractivity contribution in [2.24, 2.45) is 5.92 Å². The van der Waals surface area contributed by atoms with Crippen LogP contribution < -0.4 is 0 Å². The van der Waals surface area contributed by atoms with Gasteiger partial charge in [-0.25, -0.2) is 0 Å². The summed E-state index contributed by atoms with van der Waals surface area (Å²) in [5, 5.41) is 20.6. The first-order chi connectivity index (χ1) is 8.10. The highest BCUT2D eigenvalue weighted by molar-refractivity contribution is 5.11. The van der Waals surface area contributed by atoms with E-state index in [2.05, 4.69) is 11.9 Å². The summed E-state index contributed by atoms with van der Waals surface area (Å²) in [6, 6.07) is 3.79. The van der Waals surface area contributed by atoms with Gasteiger partial charge in [-0.2, -0.15) is 0 Å². The number of aliphatic hydroxyl groups excluding tert-OH is 1. The second-order valence-corrected chi connectivity index (χ2v) is 5.37. The van der Waals surface area contributed by atoms with Crippen molar-refractivity contribution in [2.45, 2.75) is 50.7 Å². The standard InChI is InChI=1S/C14H21NO2/c1-11-4-6-14(17,7-5-11)13(16)9-12-3-2-8-15-10-12/h2-3,8,10-11,13,16-17H,4-7,9H2,1H3. The van der Waals surface area contributed by atoms with Crippen LogP contribution in [0.5, 0.6) is 0 Å². The Bertz CT molecular complexity index is 344. The molecule has 0 aliphatic heterocycles. The van der Waals surface area contributed by atoms with Crippen LogP contribution in [0.3, 0.4) is 0 Å². The molecule has 1 unspecified atom stereocenters. The van der Waals surface area contributed by atoms with Crippen molar-refractivity contribution < 1.29 is 10.2 Å². The Labute approximate surface area is 103 Å². The molecule has 1 aromatic rings. The van der Waals surface area contributed by atoms with Crippen LogP contribution in [-0.4, -0.2) is 26.9 Å². The second kappa shape index (κ2) is 5.15. The molecule has 1 atom stereocenters. The Hall–Kier alpha value is -0.930. The number of nitrogens with zero attached hydrogens (tertiary/aromatic N) is 1. The normalized spacial score (nSPS) is 31.1. The van der Waals surface area contributed by atoms with Gasteiger partial charge in [-0.1, -0.05) is 13.0 Å². The maximum atomic E-state index is 10.4. The molecule has 1 aliphatic carbocycles. The molecule has 1 fully saturated rings. The fraction of sp³-hybridized carbons (Fsp3) is 0.643. The van der Waals surface area contributed by atoms with Gasteiger partial charge in [-0.05, 0) is 43.2 Å². The third-order valence-electron chi connectivity index (χ3n) is 3.91. The summed E-state index contributed by atoms with van der Waals surface area (Å²) in [7, 11) is 0. The number of hydrogen-bond donors (Lipinski definition) is 2. The molecule has 2 N–H and O–H groups in total. The molecule has 2 rings (SSSR count). The first-order valence-electron chi connectivity index (χ1n) is 6.39. The van der Waals surface area contributed by atoms with Gasteiger partial charge < -0.3 is 10.2 Å². The quantitative estimate of drug-likeness (QED) is 0.841. The van der Waals surface area contributed by atoms with Crippen molar-refractivity contribution in [3.8, 4) is 0 Å². The zero-order valence-electron chi connectivity index (χ0n) is 10.3. The van der Waals surface area contributed by atoms with Gasteiger partial charge in [-0.15, -0.1) is 0 Å². The van der Waals surface area contributed by atoms with E-state index in [0.717, 1.165) is 18.4 Å². The van der Waals surface area contributed by atoms with Crippen LogP contribution in [0.25, 0.3) is 0 Å². The van der Waals surface area contributed by atoms with Crippen molar-refractivity contribution in [3.05, 3.63) is 30.1 Å². The topological polar surface area (TPSA) is 53.4 Å². The van der Waals surface area contributed by atoms with Gasteiger partial charge in [0.05, 0.1) is 11.7 Å². The molecule has 3 heteroatoms. The summed E-state index contributed by atoms with van der Waals surface area (Å²) in [5.74, 6) is 0.667. The van der Waals surface area contributed by atoms with Gasteiger partial charge in [-0.3, -0.25) is 4.98 Å². The van der Waals surface area contributed by atoms with Crippen molar-refractivity contribution >= 4 is 0 Å². The Balaban J connectivity index is 1.97. The Morgan fingerprint density at radius 2 is 2.18 bits per heavy atom. The highest BCUT2D eigenvalue weighted by Crippen LogP contribution is 2.35. The minimum absolute atomic E-state index is 0.485. The molecule has 3 nitrogen and oxygen atoms in total. The van der Waals surface area contributed by atoms with E-state index in [1.54, 1.807) is 12.4 Å². The maximum Gasteiger partial charge on any atom is 0.0909 e. The summed E-state index contributed by atoms with van der Waals surface area (Å²) in [4.78, 5) is 4.02. The van der Waals surface area contributed by atoms with Gasteiger partial charge in [0.15, 0.2) is 0 Å². The average molecular weight is 235 g/mol. The lowest BCUT2D eigenvalue weighted by Crippen LogP contribution is -2.46. The molecular formula is C14H21NO2. The lowest BCUT2D eigenvalue weighted by molar-refractivity contribution is -0.102. The van der Waals surface area contributed by atoms with Crippen LogP contribution >= 0.6 is 0 Å². The van der Waals surface area contributed by atoms with Crippen molar-refractivity contribution in [2.75, 3.05) is 0 Å². The Kier molecular flexibility index (Phi) is 3.79. The van der Waals surface area contributed by atoms with Crippen molar-refractivity contribution in [1.29, 1.82) is 0 Å². The summed E-state index contributed by atoms with van der Waals surface area (Å²) >= 11 is 0. The predicted octanol–water partition coefficient (Wildman–Crippen LogP) is 1.93. The van der Waals surface area contributed by atoms with E-state index in [1.807, 2.05) is 12.1 Å². The molecule has 0 radical (unpaired) electrons. The molecule has 1 aliphatic rings. The minimum Gasteiger partial charge on any atom is -0.390 e. The molecule has 0 amide bonds.